The van der Waals surface area contributed by atoms with Gasteiger partial charge >= 0.3 is 18.1 Å². The van der Waals surface area contributed by atoms with Gasteiger partial charge in [-0.3, -0.25) is 4.79 Å². The second-order valence-electron chi connectivity index (χ2n) is 6.51. The topological polar surface area (TPSA) is 99.2 Å². The third kappa shape index (κ3) is 3.20. The number of likely N-dealkylation sites (tertiary alicyclic amines) is 1. The third-order valence-corrected chi connectivity index (χ3v) is 3.66. The molecule has 1 atom stereocenters. The van der Waals surface area contributed by atoms with Gasteiger partial charge in [-0.1, -0.05) is 0 Å². The van der Waals surface area contributed by atoms with E-state index in [1.807, 2.05) is 0 Å². The molecular formula is C13H21N3O5. The van der Waals surface area contributed by atoms with Gasteiger partial charge in [-0.05, 0) is 27.2 Å². The molecule has 1 unspecified atom stereocenters. The number of carbonyl (C=O) groups is 3. The lowest BCUT2D eigenvalue weighted by Crippen LogP contribution is -2.51. The van der Waals surface area contributed by atoms with Crippen molar-refractivity contribution in [1.82, 2.24) is 15.1 Å². The lowest BCUT2D eigenvalue weighted by molar-refractivity contribution is -0.138. The van der Waals surface area contributed by atoms with Crippen molar-refractivity contribution in [1.29, 1.82) is 0 Å². The quantitative estimate of drug-likeness (QED) is 0.772. The van der Waals surface area contributed by atoms with Crippen molar-refractivity contribution < 1.29 is 24.2 Å². The minimum atomic E-state index is -1.07. The molecule has 2 heterocycles. The van der Waals surface area contributed by atoms with Crippen molar-refractivity contribution in [3.05, 3.63) is 0 Å². The Morgan fingerprint density at radius 3 is 2.67 bits per heavy atom. The van der Waals surface area contributed by atoms with Crippen LogP contribution in [0.3, 0.4) is 0 Å². The zero-order valence-electron chi connectivity index (χ0n) is 12.5. The maximum atomic E-state index is 12.1. The summed E-state index contributed by atoms with van der Waals surface area (Å²) in [6, 6.07) is -0.400. The average molecular weight is 299 g/mol. The Morgan fingerprint density at radius 2 is 2.10 bits per heavy atom. The number of carboxylic acid groups (broad SMARTS) is 1. The lowest BCUT2D eigenvalue weighted by atomic mass is 9.98. The Kier molecular flexibility index (Phi) is 3.73. The van der Waals surface area contributed by atoms with E-state index in [1.165, 1.54) is 9.80 Å². The fourth-order valence-electron chi connectivity index (χ4n) is 2.72. The number of urea groups is 1. The van der Waals surface area contributed by atoms with Crippen LogP contribution >= 0.6 is 0 Å². The van der Waals surface area contributed by atoms with Crippen molar-refractivity contribution in [3.63, 3.8) is 0 Å². The van der Waals surface area contributed by atoms with E-state index in [1.54, 1.807) is 20.8 Å². The molecular weight excluding hydrogens is 278 g/mol. The van der Waals surface area contributed by atoms with Crippen molar-refractivity contribution in [2.45, 2.75) is 38.3 Å². The van der Waals surface area contributed by atoms with Crippen LogP contribution in [-0.4, -0.2) is 70.3 Å². The largest absolute Gasteiger partial charge is 0.480 e. The normalized spacial score (nSPS) is 25.4. The summed E-state index contributed by atoms with van der Waals surface area (Å²) in [5, 5.41) is 11.6. The van der Waals surface area contributed by atoms with E-state index in [0.29, 0.717) is 19.5 Å². The van der Waals surface area contributed by atoms with Gasteiger partial charge in [0.1, 0.15) is 12.1 Å². The van der Waals surface area contributed by atoms with Crippen LogP contribution in [0.2, 0.25) is 0 Å². The molecule has 0 bridgehead atoms. The molecule has 21 heavy (non-hydrogen) atoms. The Balaban J connectivity index is 2.07. The first-order valence-electron chi connectivity index (χ1n) is 6.88. The van der Waals surface area contributed by atoms with Gasteiger partial charge in [-0.2, -0.15) is 0 Å². The standard InChI is InChI=1S/C13H21N3O5/c1-12(2,3)21-11(20)15-5-4-13(8-15)7-14-10(19)16(13)6-9(17)18/h4-8H2,1-3H3,(H,14,19)(H,17,18). The zero-order valence-corrected chi connectivity index (χ0v) is 12.5. The number of amides is 3. The second-order valence-corrected chi connectivity index (χ2v) is 6.51. The molecule has 8 nitrogen and oxygen atoms in total. The molecule has 8 heteroatoms. The number of nitrogens with one attached hydrogen (secondary N) is 1. The van der Waals surface area contributed by atoms with Crippen LogP contribution in [0.1, 0.15) is 27.2 Å². The monoisotopic (exact) mass is 299 g/mol. The van der Waals surface area contributed by atoms with Gasteiger partial charge < -0.3 is 25.0 Å². The summed E-state index contributed by atoms with van der Waals surface area (Å²) < 4.78 is 5.31. The predicted octanol–water partition coefficient (Wildman–Crippen LogP) is 0.476. The smallest absolute Gasteiger partial charge is 0.410 e. The van der Waals surface area contributed by atoms with Gasteiger partial charge in [0.2, 0.25) is 0 Å². The number of nitrogens with zero attached hydrogens (tertiary/aromatic N) is 2. The highest BCUT2D eigenvalue weighted by atomic mass is 16.6. The SMILES string of the molecule is CC(C)(C)OC(=O)N1CCC2(CNC(=O)N2CC(=O)O)C1. The number of hydrogen-bond acceptors (Lipinski definition) is 4. The molecule has 0 saturated carbocycles. The summed E-state index contributed by atoms with van der Waals surface area (Å²) in [7, 11) is 0. The van der Waals surface area contributed by atoms with E-state index < -0.39 is 29.2 Å². The van der Waals surface area contributed by atoms with Crippen LogP contribution in [0.25, 0.3) is 0 Å². The van der Waals surface area contributed by atoms with E-state index in [0.717, 1.165) is 0 Å². The number of carboxylic acids is 1. The van der Waals surface area contributed by atoms with Crippen LogP contribution in [0.4, 0.5) is 9.59 Å². The van der Waals surface area contributed by atoms with E-state index >= 15 is 0 Å². The lowest BCUT2D eigenvalue weighted by Gasteiger charge is -2.32. The maximum Gasteiger partial charge on any atom is 0.410 e. The molecule has 1 spiro atoms. The molecule has 2 N–H and O–H groups in total. The molecule has 0 aromatic heterocycles. The molecule has 3 amide bonds. The molecule has 2 fully saturated rings. The first-order valence-corrected chi connectivity index (χ1v) is 6.88. The van der Waals surface area contributed by atoms with Crippen LogP contribution in [-0.2, 0) is 9.53 Å². The summed E-state index contributed by atoms with van der Waals surface area (Å²) in [5.74, 6) is -1.07. The summed E-state index contributed by atoms with van der Waals surface area (Å²) in [4.78, 5) is 37.6. The van der Waals surface area contributed by atoms with E-state index in [-0.39, 0.29) is 13.1 Å². The van der Waals surface area contributed by atoms with Crippen LogP contribution < -0.4 is 5.32 Å². The first-order chi connectivity index (χ1) is 9.63. The Morgan fingerprint density at radius 1 is 1.43 bits per heavy atom. The molecule has 0 aromatic carbocycles. The van der Waals surface area contributed by atoms with E-state index in [4.69, 9.17) is 9.84 Å². The number of ether oxygens (including phenoxy) is 1. The molecule has 2 aliphatic rings. The summed E-state index contributed by atoms with van der Waals surface area (Å²) >= 11 is 0. The summed E-state index contributed by atoms with van der Waals surface area (Å²) in [6.45, 7) is 6.07. The number of hydrogen-bond donors (Lipinski definition) is 2. The van der Waals surface area contributed by atoms with Crippen LogP contribution in [0.15, 0.2) is 0 Å². The molecule has 0 radical (unpaired) electrons. The molecule has 0 aromatic rings. The molecule has 0 aliphatic carbocycles. The Hall–Kier alpha value is -1.99. The Labute approximate surface area is 123 Å². The summed E-state index contributed by atoms with van der Waals surface area (Å²) in [5.41, 5.74) is -1.23. The van der Waals surface area contributed by atoms with Crippen molar-refractivity contribution in [3.8, 4) is 0 Å². The average Bonchev–Trinajstić information content (AvgIpc) is 2.87. The number of aliphatic carboxylic acids is 1. The van der Waals surface area contributed by atoms with Gasteiger partial charge in [0, 0.05) is 19.6 Å². The van der Waals surface area contributed by atoms with Crippen molar-refractivity contribution in [2.24, 2.45) is 0 Å². The first kappa shape index (κ1) is 15.4. The van der Waals surface area contributed by atoms with Crippen LogP contribution in [0, 0.1) is 0 Å². The third-order valence-electron chi connectivity index (χ3n) is 3.66. The highest BCUT2D eigenvalue weighted by Crippen LogP contribution is 2.32. The highest BCUT2D eigenvalue weighted by molar-refractivity contribution is 5.83. The zero-order chi connectivity index (χ0) is 15.8. The maximum absolute atomic E-state index is 12.1. The number of rotatable bonds is 2. The Bertz CT molecular complexity index is 473. The van der Waals surface area contributed by atoms with Crippen molar-refractivity contribution >= 4 is 18.1 Å². The van der Waals surface area contributed by atoms with Gasteiger partial charge in [0.05, 0.1) is 5.54 Å². The fraction of sp³-hybridized carbons (Fsp3) is 0.769. The second kappa shape index (κ2) is 5.09. The number of carbonyl (C=O) groups excluding carboxylic acids is 2. The van der Waals surface area contributed by atoms with Gasteiger partial charge in [0.15, 0.2) is 0 Å². The fourth-order valence-corrected chi connectivity index (χ4v) is 2.72. The minimum Gasteiger partial charge on any atom is -0.480 e. The molecule has 2 aliphatic heterocycles. The predicted molar refractivity (Wildman–Crippen MR) is 72.9 cm³/mol. The van der Waals surface area contributed by atoms with Gasteiger partial charge in [-0.25, -0.2) is 9.59 Å². The van der Waals surface area contributed by atoms with E-state index in [2.05, 4.69) is 5.32 Å². The van der Waals surface area contributed by atoms with Crippen molar-refractivity contribution in [2.75, 3.05) is 26.2 Å². The van der Waals surface area contributed by atoms with E-state index in [9.17, 15) is 14.4 Å². The van der Waals surface area contributed by atoms with Gasteiger partial charge in [-0.15, -0.1) is 0 Å². The molecule has 2 rings (SSSR count). The highest BCUT2D eigenvalue weighted by Gasteiger charge is 2.51. The minimum absolute atomic E-state index is 0.286. The summed E-state index contributed by atoms with van der Waals surface area (Å²) in [6.07, 6.45) is 0.104. The van der Waals surface area contributed by atoms with Crippen LogP contribution in [0.5, 0.6) is 0 Å². The molecule has 2 saturated heterocycles. The van der Waals surface area contributed by atoms with Gasteiger partial charge in [0.25, 0.3) is 0 Å². The molecule has 118 valence electrons.